The molecule has 0 rings (SSSR count). The van der Waals surface area contributed by atoms with Crippen LogP contribution in [-0.4, -0.2) is 150 Å². The molecule has 410 valence electrons. The minimum absolute atomic E-state index is 0.0749. The fourth-order valence-electron chi connectivity index (χ4n) is 6.37. The Morgan fingerprint density at radius 2 is 0.431 bits per heavy atom. The van der Waals surface area contributed by atoms with Crippen molar-refractivity contribution in [3.05, 3.63) is 48.6 Å². The summed E-state index contributed by atoms with van der Waals surface area (Å²) in [4.78, 5) is 101. The predicted molar refractivity (Wildman–Crippen MR) is 272 cm³/mol. The van der Waals surface area contributed by atoms with Gasteiger partial charge in [0.05, 0.1) is 78.5 Å². The maximum Gasteiger partial charge on any atom is 0.333 e. The number of unbranched alkanes of at least 4 members (excludes halogenated alkanes) is 12. The van der Waals surface area contributed by atoms with Gasteiger partial charge in [0.2, 0.25) is 0 Å². The predicted octanol–water partition coefficient (Wildman–Crippen LogP) is 8.04. The first-order chi connectivity index (χ1) is 34.4. The molecular formula is C54H88N2O16. The van der Waals surface area contributed by atoms with Crippen molar-refractivity contribution >= 4 is 47.8 Å². The van der Waals surface area contributed by atoms with E-state index in [1.54, 1.807) is 27.7 Å². The molecule has 0 N–H and O–H groups in total. The number of rotatable bonds is 47. The molecule has 0 aromatic carbocycles. The van der Waals surface area contributed by atoms with Crippen LogP contribution in [0.1, 0.15) is 156 Å². The molecular weight excluding hydrogens is 933 g/mol. The highest BCUT2D eigenvalue weighted by Crippen LogP contribution is 2.09. The zero-order valence-corrected chi connectivity index (χ0v) is 44.3. The van der Waals surface area contributed by atoms with Gasteiger partial charge in [0.15, 0.2) is 0 Å². The second-order valence-electron chi connectivity index (χ2n) is 17.9. The summed E-state index contributed by atoms with van der Waals surface area (Å²) in [6.45, 7) is 24.8. The lowest BCUT2D eigenvalue weighted by Crippen LogP contribution is -2.39. The highest BCUT2D eigenvalue weighted by atomic mass is 16.6. The summed E-state index contributed by atoms with van der Waals surface area (Å²) in [5.74, 6) is -3.19. The number of hydrogen-bond acceptors (Lipinski definition) is 18. The summed E-state index contributed by atoms with van der Waals surface area (Å²) in [5.41, 5.74) is 1.40. The molecule has 18 nitrogen and oxygen atoms in total. The molecule has 0 bridgehead atoms. The Bertz CT molecular complexity index is 1440. The molecule has 0 atom stereocenters. The van der Waals surface area contributed by atoms with E-state index < -0.39 is 23.9 Å². The zero-order valence-electron chi connectivity index (χ0n) is 44.3. The fourth-order valence-corrected chi connectivity index (χ4v) is 6.37. The van der Waals surface area contributed by atoms with Gasteiger partial charge >= 0.3 is 47.8 Å². The molecule has 18 heteroatoms. The normalized spacial score (nSPS) is 10.8. The van der Waals surface area contributed by atoms with Gasteiger partial charge in [-0.25, -0.2) is 19.2 Å². The Kier molecular flexibility index (Phi) is 41.0. The number of carbonyl (C=O) groups is 8. The van der Waals surface area contributed by atoms with E-state index in [1.807, 2.05) is 9.80 Å². The van der Waals surface area contributed by atoms with Crippen molar-refractivity contribution in [2.45, 2.75) is 156 Å². The smallest absolute Gasteiger partial charge is 0.333 e. The number of nitrogens with zero attached hydrogens (tertiary/aromatic N) is 2. The van der Waals surface area contributed by atoms with Crippen LogP contribution in [0, 0.1) is 0 Å². The molecule has 0 aliphatic heterocycles. The van der Waals surface area contributed by atoms with Gasteiger partial charge in [-0.15, -0.1) is 0 Å². The van der Waals surface area contributed by atoms with Crippen LogP contribution in [0.2, 0.25) is 0 Å². The first-order valence-electron chi connectivity index (χ1n) is 25.8. The van der Waals surface area contributed by atoms with Gasteiger partial charge in [0, 0.05) is 61.6 Å². The SMILES string of the molecule is C=C(C)C(=O)OCCCCCCOC(=O)CCN(CCC(=O)OCCCCCCOC(=O)C(=C)C)CCN(CCC(=O)OCCCCCCOC(=O)C(=C)C)CCC(=O)OCCCCCCOC(=O)C(=C)C. The van der Waals surface area contributed by atoms with Gasteiger partial charge in [0.1, 0.15) is 0 Å². The maximum atomic E-state index is 12.8. The zero-order chi connectivity index (χ0) is 53.8. The lowest BCUT2D eigenvalue weighted by atomic mass is 10.2. The second-order valence-corrected chi connectivity index (χ2v) is 17.9. The summed E-state index contributed by atoms with van der Waals surface area (Å²) in [6.07, 6.45) is 12.1. The van der Waals surface area contributed by atoms with Crippen molar-refractivity contribution in [2.75, 3.05) is 92.1 Å². The first-order valence-corrected chi connectivity index (χ1v) is 25.8. The molecule has 0 heterocycles. The molecule has 0 radical (unpaired) electrons. The van der Waals surface area contributed by atoms with Gasteiger partial charge in [-0.05, 0) is 130 Å². The lowest BCUT2D eigenvalue weighted by molar-refractivity contribution is -0.146. The van der Waals surface area contributed by atoms with Gasteiger partial charge in [-0.3, -0.25) is 19.2 Å². The van der Waals surface area contributed by atoms with Crippen molar-refractivity contribution < 1.29 is 76.3 Å². The van der Waals surface area contributed by atoms with Gasteiger partial charge in [-0.1, -0.05) is 26.3 Å². The van der Waals surface area contributed by atoms with Crippen LogP contribution in [0.3, 0.4) is 0 Å². The van der Waals surface area contributed by atoms with Crippen molar-refractivity contribution in [1.82, 2.24) is 9.80 Å². The Labute approximate surface area is 429 Å². The number of ether oxygens (including phenoxy) is 8. The molecule has 0 saturated heterocycles. The maximum absolute atomic E-state index is 12.8. The number of carbonyl (C=O) groups excluding carboxylic acids is 8. The van der Waals surface area contributed by atoms with Crippen LogP contribution in [-0.2, 0) is 76.3 Å². The molecule has 0 amide bonds. The molecule has 0 unspecified atom stereocenters. The summed E-state index contributed by atoms with van der Waals surface area (Å²) in [6, 6.07) is 0. The monoisotopic (exact) mass is 1020 g/mol. The van der Waals surface area contributed by atoms with Crippen molar-refractivity contribution in [2.24, 2.45) is 0 Å². The Balaban J connectivity index is 5.39. The molecule has 0 fully saturated rings. The quantitative estimate of drug-likeness (QED) is 0.0244. The average molecular weight is 1020 g/mol. The third-order valence-corrected chi connectivity index (χ3v) is 10.8. The first kappa shape index (κ1) is 66.6. The molecule has 0 aromatic rings. The lowest BCUT2D eigenvalue weighted by Gasteiger charge is -2.27. The van der Waals surface area contributed by atoms with E-state index in [1.165, 1.54) is 0 Å². The van der Waals surface area contributed by atoms with Crippen molar-refractivity contribution in [1.29, 1.82) is 0 Å². The van der Waals surface area contributed by atoms with Crippen LogP contribution in [0.25, 0.3) is 0 Å². The molecule has 0 aliphatic rings. The topological polar surface area (TPSA) is 217 Å². The largest absolute Gasteiger partial charge is 0.466 e. The van der Waals surface area contributed by atoms with Crippen LogP contribution in [0.4, 0.5) is 0 Å². The third-order valence-electron chi connectivity index (χ3n) is 10.8. The molecule has 0 aromatic heterocycles. The Hall–Kier alpha value is -5.36. The minimum atomic E-state index is -0.415. The van der Waals surface area contributed by atoms with Crippen LogP contribution in [0.15, 0.2) is 48.6 Å². The third kappa shape index (κ3) is 41.3. The minimum Gasteiger partial charge on any atom is -0.466 e. The average Bonchev–Trinajstić information content (AvgIpc) is 3.34. The molecule has 0 saturated carbocycles. The van der Waals surface area contributed by atoms with E-state index in [0.29, 0.717) is 139 Å². The van der Waals surface area contributed by atoms with Crippen LogP contribution >= 0.6 is 0 Å². The fraction of sp³-hybridized carbons (Fsp3) is 0.704. The molecule has 72 heavy (non-hydrogen) atoms. The van der Waals surface area contributed by atoms with Gasteiger partial charge in [-0.2, -0.15) is 0 Å². The Morgan fingerprint density at radius 3 is 0.597 bits per heavy atom. The van der Waals surface area contributed by atoms with E-state index in [2.05, 4.69) is 26.3 Å². The highest BCUT2D eigenvalue weighted by Gasteiger charge is 2.17. The van der Waals surface area contributed by atoms with E-state index in [-0.39, 0.29) is 76.0 Å². The van der Waals surface area contributed by atoms with E-state index in [0.717, 1.165) is 51.4 Å². The Morgan fingerprint density at radius 1 is 0.264 bits per heavy atom. The van der Waals surface area contributed by atoms with E-state index >= 15 is 0 Å². The van der Waals surface area contributed by atoms with Gasteiger partial charge < -0.3 is 47.7 Å². The summed E-state index contributed by atoms with van der Waals surface area (Å²) in [5, 5.41) is 0. The van der Waals surface area contributed by atoms with Gasteiger partial charge in [0.25, 0.3) is 0 Å². The van der Waals surface area contributed by atoms with Crippen LogP contribution < -0.4 is 0 Å². The van der Waals surface area contributed by atoms with Crippen molar-refractivity contribution in [3.8, 4) is 0 Å². The molecule has 0 aliphatic carbocycles. The van der Waals surface area contributed by atoms with Crippen molar-refractivity contribution in [3.63, 3.8) is 0 Å². The second kappa shape index (κ2) is 44.3. The summed E-state index contributed by atoms with van der Waals surface area (Å²) >= 11 is 0. The summed E-state index contributed by atoms with van der Waals surface area (Å²) in [7, 11) is 0. The summed E-state index contributed by atoms with van der Waals surface area (Å²) < 4.78 is 42.4. The van der Waals surface area contributed by atoms with E-state index in [4.69, 9.17) is 37.9 Å². The standard InChI is InChI=1S/C54H88N2O16/c1-43(2)51(61)69-39-21-13-9-17-35-65-47(57)25-29-55(30-26-48(58)66-36-18-10-14-22-40-70-52(62)44(3)4)33-34-56(31-27-49(59)67-37-19-11-15-23-41-71-53(63)45(5)6)32-28-50(60)68-38-20-12-16-24-42-72-54(64)46(7)8/h1,3,5,7,9-42H2,2,4,6,8H3. The highest BCUT2D eigenvalue weighted by molar-refractivity contribution is 5.88. The number of esters is 8. The molecule has 0 spiro atoms. The number of hydrogen-bond donors (Lipinski definition) is 0. The van der Waals surface area contributed by atoms with E-state index in [9.17, 15) is 38.4 Å². The van der Waals surface area contributed by atoms with Crippen LogP contribution in [0.5, 0.6) is 0 Å².